The summed E-state index contributed by atoms with van der Waals surface area (Å²) in [7, 11) is 0. The standard InChI is InChI=1S/C6H16N6/c1-4(2)3-12(10)6(9)11-5(7)8/h4H,3,10H2,1-2H3,(H5,7,8,9,11). The van der Waals surface area contributed by atoms with Gasteiger partial charge in [-0.25, -0.2) is 5.84 Å². The van der Waals surface area contributed by atoms with Crippen LogP contribution in [0.3, 0.4) is 0 Å². The number of hydrogen-bond donors (Lipinski definition) is 4. The summed E-state index contributed by atoms with van der Waals surface area (Å²) < 4.78 is 0. The van der Waals surface area contributed by atoms with E-state index < -0.39 is 0 Å². The Morgan fingerprint density at radius 1 is 1.50 bits per heavy atom. The molecule has 0 aromatic carbocycles. The van der Waals surface area contributed by atoms with Crippen LogP contribution in [0.25, 0.3) is 0 Å². The van der Waals surface area contributed by atoms with Crippen molar-refractivity contribution in [2.45, 2.75) is 13.8 Å². The van der Waals surface area contributed by atoms with E-state index >= 15 is 0 Å². The molecule has 0 spiro atoms. The molecular weight excluding hydrogens is 156 g/mol. The summed E-state index contributed by atoms with van der Waals surface area (Å²) in [5.41, 5.74) is 10.1. The van der Waals surface area contributed by atoms with E-state index in [1.807, 2.05) is 13.8 Å². The Hall–Kier alpha value is -1.30. The summed E-state index contributed by atoms with van der Waals surface area (Å²) in [6, 6.07) is 0. The maximum Gasteiger partial charge on any atom is 0.235 e. The molecule has 0 aromatic rings. The van der Waals surface area contributed by atoms with Crippen LogP contribution in [-0.2, 0) is 0 Å². The van der Waals surface area contributed by atoms with E-state index in [1.54, 1.807) is 0 Å². The van der Waals surface area contributed by atoms with Crippen molar-refractivity contribution in [3.63, 3.8) is 0 Å². The highest BCUT2D eigenvalue weighted by molar-refractivity contribution is 5.91. The highest BCUT2D eigenvalue weighted by Gasteiger charge is 2.05. The Morgan fingerprint density at radius 3 is 2.33 bits per heavy atom. The number of hydrazine groups is 1. The maximum absolute atomic E-state index is 7.27. The number of aliphatic imine (C=N–C) groups is 1. The number of nitrogens with two attached hydrogens (primary N) is 3. The summed E-state index contributed by atoms with van der Waals surface area (Å²) >= 11 is 0. The van der Waals surface area contributed by atoms with Gasteiger partial charge in [-0.15, -0.1) is 0 Å². The zero-order valence-corrected chi connectivity index (χ0v) is 7.41. The smallest absolute Gasteiger partial charge is 0.235 e. The van der Waals surface area contributed by atoms with Gasteiger partial charge in [-0.3, -0.25) is 10.4 Å². The van der Waals surface area contributed by atoms with Gasteiger partial charge in [0.2, 0.25) is 5.96 Å². The molecule has 0 amide bonds. The normalized spacial score (nSPS) is 9.67. The molecule has 0 heterocycles. The Kier molecular flexibility index (Phi) is 4.06. The topological polar surface area (TPSA) is 118 Å². The van der Waals surface area contributed by atoms with E-state index in [4.69, 9.17) is 22.7 Å². The van der Waals surface area contributed by atoms with Crippen LogP contribution in [0.4, 0.5) is 0 Å². The summed E-state index contributed by atoms with van der Waals surface area (Å²) in [5.74, 6) is 5.55. The fourth-order valence-corrected chi connectivity index (χ4v) is 0.666. The molecule has 7 N–H and O–H groups in total. The zero-order valence-electron chi connectivity index (χ0n) is 7.41. The van der Waals surface area contributed by atoms with Gasteiger partial charge in [0, 0.05) is 6.54 Å². The van der Waals surface area contributed by atoms with Crippen LogP contribution in [-0.4, -0.2) is 23.5 Å². The Labute approximate surface area is 71.9 Å². The minimum atomic E-state index is -0.154. The van der Waals surface area contributed by atoms with Crippen LogP contribution in [0.2, 0.25) is 0 Å². The molecule has 6 heteroatoms. The van der Waals surface area contributed by atoms with Crippen LogP contribution in [0.5, 0.6) is 0 Å². The van der Waals surface area contributed by atoms with Crippen molar-refractivity contribution in [2.24, 2.45) is 28.2 Å². The second-order valence-electron chi connectivity index (χ2n) is 2.91. The molecule has 6 nitrogen and oxygen atoms in total. The van der Waals surface area contributed by atoms with Crippen molar-refractivity contribution >= 4 is 11.9 Å². The van der Waals surface area contributed by atoms with Crippen molar-refractivity contribution in [1.82, 2.24) is 5.01 Å². The Morgan fingerprint density at radius 2 is 2.00 bits per heavy atom. The van der Waals surface area contributed by atoms with E-state index in [0.29, 0.717) is 12.5 Å². The van der Waals surface area contributed by atoms with Gasteiger partial charge in [-0.2, -0.15) is 4.99 Å². The summed E-state index contributed by atoms with van der Waals surface area (Å²) in [4.78, 5) is 3.49. The van der Waals surface area contributed by atoms with Gasteiger partial charge in [0.1, 0.15) is 0 Å². The summed E-state index contributed by atoms with van der Waals surface area (Å²) in [6.45, 7) is 4.53. The molecular formula is C6H16N6. The van der Waals surface area contributed by atoms with Crippen LogP contribution in [0.1, 0.15) is 13.8 Å². The molecule has 0 aliphatic carbocycles. The number of guanidine groups is 2. The average molecular weight is 172 g/mol. The van der Waals surface area contributed by atoms with Crippen LogP contribution in [0, 0.1) is 11.3 Å². The quantitative estimate of drug-likeness (QED) is 0.185. The molecule has 0 rings (SSSR count). The fourth-order valence-electron chi connectivity index (χ4n) is 0.666. The van der Waals surface area contributed by atoms with E-state index in [-0.39, 0.29) is 11.9 Å². The lowest BCUT2D eigenvalue weighted by molar-refractivity contribution is 0.373. The summed E-state index contributed by atoms with van der Waals surface area (Å²) in [5, 5.41) is 8.47. The lowest BCUT2D eigenvalue weighted by atomic mass is 10.2. The average Bonchev–Trinajstić information content (AvgIpc) is 1.84. The van der Waals surface area contributed by atoms with Gasteiger partial charge in [0.05, 0.1) is 0 Å². The van der Waals surface area contributed by atoms with E-state index in [9.17, 15) is 0 Å². The molecule has 0 unspecified atom stereocenters. The molecule has 0 saturated heterocycles. The SMILES string of the molecule is CC(C)CN(N)C(=N)N=C(N)N. The number of nitrogens with one attached hydrogen (secondary N) is 1. The van der Waals surface area contributed by atoms with Crippen molar-refractivity contribution < 1.29 is 0 Å². The van der Waals surface area contributed by atoms with Gasteiger partial charge < -0.3 is 11.5 Å². The van der Waals surface area contributed by atoms with Crippen molar-refractivity contribution in [2.75, 3.05) is 6.54 Å². The highest BCUT2D eigenvalue weighted by Crippen LogP contribution is 1.94. The predicted molar refractivity (Wildman–Crippen MR) is 49.3 cm³/mol. The van der Waals surface area contributed by atoms with Gasteiger partial charge in [-0.05, 0) is 5.92 Å². The second kappa shape index (κ2) is 4.55. The van der Waals surface area contributed by atoms with Crippen molar-refractivity contribution in [3.8, 4) is 0 Å². The molecule has 0 bridgehead atoms. The first-order valence-corrected chi connectivity index (χ1v) is 3.64. The van der Waals surface area contributed by atoms with Gasteiger partial charge in [0.25, 0.3) is 0 Å². The number of rotatable bonds is 2. The largest absolute Gasteiger partial charge is 0.370 e. The lowest BCUT2D eigenvalue weighted by Gasteiger charge is -2.17. The van der Waals surface area contributed by atoms with Gasteiger partial charge >= 0.3 is 0 Å². The van der Waals surface area contributed by atoms with E-state index in [0.717, 1.165) is 0 Å². The van der Waals surface area contributed by atoms with Gasteiger partial charge in [0.15, 0.2) is 5.96 Å². The molecule has 12 heavy (non-hydrogen) atoms. The first kappa shape index (κ1) is 10.7. The Bertz CT molecular complexity index is 180. The third-order valence-electron chi connectivity index (χ3n) is 1.07. The first-order chi connectivity index (χ1) is 5.43. The molecule has 0 aliphatic heterocycles. The van der Waals surface area contributed by atoms with Crippen molar-refractivity contribution in [1.29, 1.82) is 5.41 Å². The molecule has 0 aliphatic rings. The molecule has 0 aromatic heterocycles. The molecule has 0 saturated carbocycles. The highest BCUT2D eigenvalue weighted by atomic mass is 15.5. The third-order valence-corrected chi connectivity index (χ3v) is 1.07. The van der Waals surface area contributed by atoms with E-state index in [1.165, 1.54) is 5.01 Å². The summed E-state index contributed by atoms with van der Waals surface area (Å²) in [6.07, 6.45) is 0. The third kappa shape index (κ3) is 4.51. The second-order valence-corrected chi connectivity index (χ2v) is 2.91. The molecule has 0 atom stereocenters. The lowest BCUT2D eigenvalue weighted by Crippen LogP contribution is -2.40. The molecule has 0 fully saturated rings. The van der Waals surface area contributed by atoms with Crippen LogP contribution in [0.15, 0.2) is 4.99 Å². The number of nitrogens with zero attached hydrogens (tertiary/aromatic N) is 2. The Balaban J connectivity index is 4.02. The van der Waals surface area contributed by atoms with Crippen LogP contribution < -0.4 is 17.3 Å². The zero-order chi connectivity index (χ0) is 9.72. The monoisotopic (exact) mass is 172 g/mol. The fraction of sp³-hybridized carbons (Fsp3) is 0.667. The number of hydrogen-bond acceptors (Lipinski definition) is 2. The maximum atomic E-state index is 7.27. The molecule has 70 valence electrons. The first-order valence-electron chi connectivity index (χ1n) is 3.64. The van der Waals surface area contributed by atoms with Crippen LogP contribution >= 0.6 is 0 Å². The van der Waals surface area contributed by atoms with Gasteiger partial charge in [-0.1, -0.05) is 13.8 Å². The predicted octanol–water partition coefficient (Wildman–Crippen LogP) is -0.974. The van der Waals surface area contributed by atoms with E-state index in [2.05, 4.69) is 4.99 Å². The van der Waals surface area contributed by atoms with Crippen molar-refractivity contribution in [3.05, 3.63) is 0 Å². The molecule has 0 radical (unpaired) electrons. The minimum absolute atomic E-state index is 0.122. The minimum Gasteiger partial charge on any atom is -0.370 e.